The van der Waals surface area contributed by atoms with Crippen LogP contribution in [-0.4, -0.2) is 81.9 Å². The van der Waals surface area contributed by atoms with Crippen molar-refractivity contribution in [3.8, 4) is 0 Å². The molecule has 0 amide bonds. The number of aromatic nitrogens is 4. The molecule has 0 aliphatic heterocycles. The number of carbonyl (C=O) groups is 2. The van der Waals surface area contributed by atoms with Gasteiger partial charge in [-0.3, -0.25) is 23.8 Å². The molecule has 0 atom stereocenters. The van der Waals surface area contributed by atoms with E-state index in [1.54, 1.807) is 0 Å². The second kappa shape index (κ2) is 12.6. The molecule has 0 aliphatic carbocycles. The first kappa shape index (κ1) is 26.6. The van der Waals surface area contributed by atoms with Gasteiger partial charge in [-0.1, -0.05) is 12.1 Å². The predicted molar refractivity (Wildman–Crippen MR) is 140 cm³/mol. The quantitative estimate of drug-likeness (QED) is 0.228. The number of rotatable bonds is 8. The van der Waals surface area contributed by atoms with Crippen LogP contribution in [0.5, 0.6) is 0 Å². The molecule has 0 saturated carbocycles. The Balaban J connectivity index is 0.000000196. The minimum Gasteiger partial charge on any atom is -0.468 e. The summed E-state index contributed by atoms with van der Waals surface area (Å²) < 4.78 is 14.3. The van der Waals surface area contributed by atoms with Gasteiger partial charge in [-0.2, -0.15) is 0 Å². The SMILES string of the molecule is COC(=O)CN(C)Cc1cn2ccccc2n1.COC(=O)CN(C)Cc1nc2ccccn2c1I. The van der Waals surface area contributed by atoms with Gasteiger partial charge in [0.05, 0.1) is 38.7 Å². The number of fused-ring (bicyclic) bond motifs is 2. The fourth-order valence-electron chi connectivity index (χ4n) is 3.39. The molecule has 0 radical (unpaired) electrons. The number of esters is 2. The zero-order chi connectivity index (χ0) is 25.4. The van der Waals surface area contributed by atoms with Crippen LogP contribution in [0.1, 0.15) is 11.4 Å². The average Bonchev–Trinajstić information content (AvgIpc) is 3.39. The van der Waals surface area contributed by atoms with Gasteiger partial charge in [0.2, 0.25) is 0 Å². The highest BCUT2D eigenvalue weighted by atomic mass is 127. The van der Waals surface area contributed by atoms with Crippen LogP contribution in [0.15, 0.2) is 55.0 Å². The molecule has 0 saturated heterocycles. The summed E-state index contributed by atoms with van der Waals surface area (Å²) >= 11 is 2.27. The van der Waals surface area contributed by atoms with Gasteiger partial charge in [0.15, 0.2) is 0 Å². The van der Waals surface area contributed by atoms with Crippen molar-refractivity contribution in [1.82, 2.24) is 28.6 Å². The van der Waals surface area contributed by atoms with Crippen molar-refractivity contribution in [1.29, 1.82) is 0 Å². The summed E-state index contributed by atoms with van der Waals surface area (Å²) in [5.74, 6) is -0.479. The summed E-state index contributed by atoms with van der Waals surface area (Å²) in [6.45, 7) is 1.77. The lowest BCUT2D eigenvalue weighted by molar-refractivity contribution is -0.142. The first-order valence-corrected chi connectivity index (χ1v) is 11.9. The number of halogens is 1. The van der Waals surface area contributed by atoms with E-state index >= 15 is 0 Å². The number of hydrogen-bond acceptors (Lipinski definition) is 8. The molecular weight excluding hydrogens is 563 g/mol. The molecule has 0 bridgehead atoms. The van der Waals surface area contributed by atoms with Crippen molar-refractivity contribution in [2.75, 3.05) is 41.4 Å². The van der Waals surface area contributed by atoms with Crippen LogP contribution in [0.2, 0.25) is 0 Å². The van der Waals surface area contributed by atoms with Crippen LogP contribution >= 0.6 is 22.6 Å². The fraction of sp³-hybridized carbons (Fsp3) is 0.333. The normalized spacial score (nSPS) is 11.1. The van der Waals surface area contributed by atoms with Crippen LogP contribution in [0, 0.1) is 3.70 Å². The van der Waals surface area contributed by atoms with Crippen LogP contribution in [0.4, 0.5) is 0 Å². The van der Waals surface area contributed by atoms with Gasteiger partial charge in [0.25, 0.3) is 0 Å². The maximum absolute atomic E-state index is 11.2. The second-order valence-electron chi connectivity index (χ2n) is 7.97. The van der Waals surface area contributed by atoms with E-state index in [1.807, 2.05) is 87.7 Å². The third-order valence-corrected chi connectivity index (χ3v) is 6.20. The third kappa shape index (κ3) is 7.47. The van der Waals surface area contributed by atoms with Gasteiger partial charge >= 0.3 is 11.9 Å². The molecule has 35 heavy (non-hydrogen) atoms. The van der Waals surface area contributed by atoms with Crippen molar-refractivity contribution in [2.45, 2.75) is 13.1 Å². The lowest BCUT2D eigenvalue weighted by Gasteiger charge is -2.13. The number of imidazole rings is 2. The van der Waals surface area contributed by atoms with E-state index in [9.17, 15) is 9.59 Å². The number of pyridine rings is 2. The molecule has 0 aromatic carbocycles. The number of methoxy groups -OCH3 is 2. The van der Waals surface area contributed by atoms with Crippen molar-refractivity contribution >= 4 is 45.8 Å². The Bertz CT molecular complexity index is 1250. The largest absolute Gasteiger partial charge is 0.468 e. The summed E-state index contributed by atoms with van der Waals surface area (Å²) in [5, 5.41) is 0. The van der Waals surface area contributed by atoms with Crippen molar-refractivity contribution in [3.05, 3.63) is 70.1 Å². The maximum Gasteiger partial charge on any atom is 0.319 e. The monoisotopic (exact) mass is 592 g/mol. The molecule has 4 heterocycles. The maximum atomic E-state index is 11.2. The van der Waals surface area contributed by atoms with E-state index in [-0.39, 0.29) is 25.0 Å². The topological polar surface area (TPSA) is 93.7 Å². The Kier molecular flexibility index (Phi) is 9.57. The number of carbonyl (C=O) groups excluding carboxylic acids is 2. The van der Waals surface area contributed by atoms with Gasteiger partial charge in [0.1, 0.15) is 15.0 Å². The van der Waals surface area contributed by atoms with Gasteiger partial charge in [0, 0.05) is 31.7 Å². The molecule has 0 aliphatic rings. The first-order chi connectivity index (χ1) is 16.8. The van der Waals surface area contributed by atoms with Crippen molar-refractivity contribution < 1.29 is 19.1 Å². The number of nitrogens with zero attached hydrogens (tertiary/aromatic N) is 6. The van der Waals surface area contributed by atoms with Gasteiger partial charge < -0.3 is 13.9 Å². The lowest BCUT2D eigenvalue weighted by atomic mass is 10.4. The Morgan fingerprint density at radius 1 is 0.886 bits per heavy atom. The fourth-order valence-corrected chi connectivity index (χ4v) is 4.09. The van der Waals surface area contributed by atoms with E-state index in [2.05, 4.69) is 42.0 Å². The Morgan fingerprint density at radius 2 is 1.49 bits per heavy atom. The molecule has 10 nitrogen and oxygen atoms in total. The molecule has 4 aromatic rings. The van der Waals surface area contributed by atoms with Crippen LogP contribution in [0.3, 0.4) is 0 Å². The average molecular weight is 592 g/mol. The van der Waals surface area contributed by atoms with Crippen LogP contribution in [-0.2, 0) is 32.2 Å². The zero-order valence-electron chi connectivity index (χ0n) is 20.2. The second-order valence-corrected chi connectivity index (χ2v) is 9.00. The molecular formula is C24H29IN6O4. The van der Waals surface area contributed by atoms with Gasteiger partial charge in [-0.25, -0.2) is 9.97 Å². The summed E-state index contributed by atoms with van der Waals surface area (Å²) in [5.41, 5.74) is 3.73. The molecule has 0 unspecified atom stereocenters. The lowest BCUT2D eigenvalue weighted by Crippen LogP contribution is -2.26. The van der Waals surface area contributed by atoms with E-state index in [0.29, 0.717) is 13.1 Å². The van der Waals surface area contributed by atoms with Crippen LogP contribution in [0.25, 0.3) is 11.3 Å². The van der Waals surface area contributed by atoms with Gasteiger partial charge in [-0.05, 0) is 61.0 Å². The van der Waals surface area contributed by atoms with Crippen molar-refractivity contribution in [2.24, 2.45) is 0 Å². The predicted octanol–water partition coefficient (Wildman–Crippen LogP) is 2.48. The third-order valence-electron chi connectivity index (χ3n) is 5.06. The molecule has 0 spiro atoms. The highest BCUT2D eigenvalue weighted by Gasteiger charge is 2.13. The van der Waals surface area contributed by atoms with E-state index < -0.39 is 0 Å². The zero-order valence-corrected chi connectivity index (χ0v) is 22.4. The number of ether oxygens (including phenoxy) is 2. The number of likely N-dealkylation sites (N-methyl/N-ethyl adjacent to an activating group) is 2. The Morgan fingerprint density at radius 3 is 2.09 bits per heavy atom. The summed E-state index contributed by atoms with van der Waals surface area (Å²) in [7, 11) is 6.52. The highest BCUT2D eigenvalue weighted by molar-refractivity contribution is 14.1. The molecule has 0 N–H and O–H groups in total. The minimum atomic E-state index is -0.240. The standard InChI is InChI=1S/C12H14IN3O2.C12H15N3O2/c1-15(8-11(17)18-2)7-9-12(13)16-6-4-3-5-10(16)14-9;1-14(9-12(16)17-2)7-10-8-15-6-4-3-5-11(15)13-10/h3-6H,7-8H2,1-2H3;3-6,8H,7,9H2,1-2H3. The molecule has 4 aromatic heterocycles. The number of hydrogen-bond donors (Lipinski definition) is 0. The summed E-state index contributed by atoms with van der Waals surface area (Å²) in [6, 6.07) is 11.7. The van der Waals surface area contributed by atoms with E-state index in [0.717, 1.165) is 26.4 Å². The Hall–Kier alpha value is -3.03. The van der Waals surface area contributed by atoms with E-state index in [1.165, 1.54) is 14.2 Å². The first-order valence-electron chi connectivity index (χ1n) is 10.9. The summed E-state index contributed by atoms with van der Waals surface area (Å²) in [6.07, 6.45) is 5.89. The van der Waals surface area contributed by atoms with Gasteiger partial charge in [-0.15, -0.1) is 0 Å². The van der Waals surface area contributed by atoms with E-state index in [4.69, 9.17) is 0 Å². The van der Waals surface area contributed by atoms with Crippen LogP contribution < -0.4 is 0 Å². The summed E-state index contributed by atoms with van der Waals surface area (Å²) in [4.78, 5) is 35.0. The molecule has 186 valence electrons. The van der Waals surface area contributed by atoms with Crippen molar-refractivity contribution in [3.63, 3.8) is 0 Å². The Labute approximate surface area is 217 Å². The smallest absolute Gasteiger partial charge is 0.319 e. The minimum absolute atomic E-state index is 0.240. The molecule has 4 rings (SSSR count). The molecule has 0 fully saturated rings. The highest BCUT2D eigenvalue weighted by Crippen LogP contribution is 2.16. The molecule has 11 heteroatoms.